The summed E-state index contributed by atoms with van der Waals surface area (Å²) in [4.78, 5) is 26.0. The smallest absolute Gasteiger partial charge is 0.257 e. The fraction of sp³-hybridized carbons (Fsp3) is 0.235. The van der Waals surface area contributed by atoms with Gasteiger partial charge in [0.15, 0.2) is 5.78 Å². The Hall–Kier alpha value is -4.28. The summed E-state index contributed by atoms with van der Waals surface area (Å²) in [6, 6.07) is 26.3. The maximum atomic E-state index is 14.1. The molecule has 1 atom stereocenters. The molecule has 4 aromatic carbocycles. The molecular formula is C34H36F2N2O5. The van der Waals surface area contributed by atoms with Crippen LogP contribution in [-0.2, 0) is 6.42 Å². The Morgan fingerprint density at radius 3 is 2.07 bits per heavy atom. The van der Waals surface area contributed by atoms with E-state index in [1.807, 2.05) is 30.3 Å². The first-order valence-corrected chi connectivity index (χ1v) is 13.9. The molecule has 4 rings (SSSR count). The Bertz CT molecular complexity index is 1470. The Labute approximate surface area is 250 Å². The van der Waals surface area contributed by atoms with Gasteiger partial charge < -0.3 is 25.5 Å². The van der Waals surface area contributed by atoms with Crippen LogP contribution in [0.25, 0.3) is 0 Å². The van der Waals surface area contributed by atoms with E-state index in [2.05, 4.69) is 5.32 Å². The average Bonchev–Trinajstić information content (AvgIpc) is 3.03. The van der Waals surface area contributed by atoms with Gasteiger partial charge in [0.05, 0.1) is 18.8 Å². The van der Waals surface area contributed by atoms with E-state index in [0.717, 1.165) is 11.6 Å². The first kappa shape index (κ1) is 33.2. The SMILES string of the molecule is CN(CCO)C(=O)c1c(F)cccc1C(=O)c1ccccc1.OCCNCCc1c(F)cccc1C(O)c1ccccc1. The summed E-state index contributed by atoms with van der Waals surface area (Å²) < 4.78 is 28.2. The number of hydrogen-bond donors (Lipinski definition) is 4. The third-order valence-corrected chi connectivity index (χ3v) is 6.70. The number of likely N-dealkylation sites (N-methyl/N-ethyl adjacent to an activating group) is 1. The van der Waals surface area contributed by atoms with Gasteiger partial charge in [-0.1, -0.05) is 84.9 Å². The van der Waals surface area contributed by atoms with Gasteiger partial charge in [0.25, 0.3) is 5.91 Å². The lowest BCUT2D eigenvalue weighted by atomic mass is 9.95. The van der Waals surface area contributed by atoms with Gasteiger partial charge in [-0.2, -0.15) is 0 Å². The van der Waals surface area contributed by atoms with Crippen LogP contribution >= 0.6 is 0 Å². The molecule has 0 fully saturated rings. The summed E-state index contributed by atoms with van der Waals surface area (Å²) in [5.74, 6) is -2.11. The van der Waals surface area contributed by atoms with E-state index in [9.17, 15) is 23.5 Å². The molecule has 0 radical (unpaired) electrons. The van der Waals surface area contributed by atoms with Crippen LogP contribution in [0.1, 0.15) is 49.1 Å². The maximum absolute atomic E-state index is 14.1. The first-order chi connectivity index (χ1) is 20.8. The number of nitrogens with zero attached hydrogens (tertiary/aromatic N) is 1. The van der Waals surface area contributed by atoms with Crippen molar-refractivity contribution in [2.24, 2.45) is 0 Å². The predicted molar refractivity (Wildman–Crippen MR) is 161 cm³/mol. The lowest BCUT2D eigenvalue weighted by Gasteiger charge is -2.18. The van der Waals surface area contributed by atoms with Crippen LogP contribution in [0.2, 0.25) is 0 Å². The van der Waals surface area contributed by atoms with Crippen LogP contribution in [-0.4, -0.2) is 71.8 Å². The molecule has 0 spiro atoms. The van der Waals surface area contributed by atoms with Crippen molar-refractivity contribution >= 4 is 11.7 Å². The van der Waals surface area contributed by atoms with Crippen molar-refractivity contribution in [3.8, 4) is 0 Å². The molecule has 7 nitrogen and oxygen atoms in total. The Morgan fingerprint density at radius 1 is 0.791 bits per heavy atom. The van der Waals surface area contributed by atoms with E-state index < -0.39 is 23.6 Å². The van der Waals surface area contributed by atoms with Crippen LogP contribution in [0.15, 0.2) is 97.1 Å². The Balaban J connectivity index is 0.000000236. The molecule has 0 aliphatic heterocycles. The third-order valence-electron chi connectivity index (χ3n) is 6.70. The molecule has 4 N–H and O–H groups in total. The maximum Gasteiger partial charge on any atom is 0.257 e. The van der Waals surface area contributed by atoms with Gasteiger partial charge in [0.1, 0.15) is 17.7 Å². The fourth-order valence-corrected chi connectivity index (χ4v) is 4.45. The minimum absolute atomic E-state index is 0.0148. The molecule has 0 aliphatic rings. The summed E-state index contributed by atoms with van der Waals surface area (Å²) in [6.07, 6.45) is -0.374. The first-order valence-electron chi connectivity index (χ1n) is 13.9. The topological polar surface area (TPSA) is 110 Å². The molecule has 1 unspecified atom stereocenters. The van der Waals surface area contributed by atoms with E-state index >= 15 is 0 Å². The van der Waals surface area contributed by atoms with Gasteiger partial charge >= 0.3 is 0 Å². The Morgan fingerprint density at radius 2 is 1.42 bits per heavy atom. The molecular weight excluding hydrogens is 554 g/mol. The zero-order valence-electron chi connectivity index (χ0n) is 23.9. The van der Waals surface area contributed by atoms with Crippen LogP contribution < -0.4 is 5.32 Å². The van der Waals surface area contributed by atoms with Crippen LogP contribution in [0, 0.1) is 11.6 Å². The number of amides is 1. The highest BCUT2D eigenvalue weighted by molar-refractivity contribution is 6.15. The van der Waals surface area contributed by atoms with E-state index in [4.69, 9.17) is 10.2 Å². The van der Waals surface area contributed by atoms with Gasteiger partial charge in [-0.3, -0.25) is 9.59 Å². The summed E-state index contributed by atoms with van der Waals surface area (Å²) >= 11 is 0. The van der Waals surface area contributed by atoms with Crippen LogP contribution in [0.5, 0.6) is 0 Å². The predicted octanol–water partition coefficient (Wildman–Crippen LogP) is 4.15. The summed E-state index contributed by atoms with van der Waals surface area (Å²) in [6.45, 7) is 0.905. The minimum atomic E-state index is -0.838. The second-order valence-electron chi connectivity index (χ2n) is 9.65. The average molecular weight is 591 g/mol. The molecule has 4 aromatic rings. The number of aliphatic hydroxyl groups excluding tert-OH is 3. The number of hydrogen-bond acceptors (Lipinski definition) is 6. The number of carbonyl (C=O) groups excluding carboxylic acids is 2. The zero-order valence-corrected chi connectivity index (χ0v) is 23.9. The molecule has 226 valence electrons. The van der Waals surface area contributed by atoms with Crippen molar-refractivity contribution in [1.82, 2.24) is 10.2 Å². The molecule has 43 heavy (non-hydrogen) atoms. The molecule has 0 bridgehead atoms. The lowest BCUT2D eigenvalue weighted by Crippen LogP contribution is -2.31. The van der Waals surface area contributed by atoms with Crippen molar-refractivity contribution in [3.05, 3.63) is 142 Å². The quantitative estimate of drug-likeness (QED) is 0.146. The highest BCUT2D eigenvalue weighted by Gasteiger charge is 2.24. The molecule has 0 heterocycles. The standard InChI is InChI=1S/C17H16FNO3.C17H20FNO2/c1-19(10-11-20)17(22)15-13(8-5-9-14(15)18)16(21)12-6-3-2-4-7-12;18-16-8-4-7-15(14(16)9-10-19-11-12-20)17(21)13-5-2-1-3-6-13/h2-9,20H,10-11H2,1H3;1-8,17,19-21H,9-12H2. The number of rotatable bonds is 12. The fourth-order valence-electron chi connectivity index (χ4n) is 4.45. The molecule has 1 amide bonds. The van der Waals surface area contributed by atoms with E-state index in [0.29, 0.717) is 36.2 Å². The largest absolute Gasteiger partial charge is 0.395 e. The highest BCUT2D eigenvalue weighted by Crippen LogP contribution is 2.27. The monoisotopic (exact) mass is 590 g/mol. The number of aliphatic hydroxyl groups is 3. The molecule has 0 aliphatic carbocycles. The summed E-state index contributed by atoms with van der Waals surface area (Å²) in [5, 5.41) is 31.1. The minimum Gasteiger partial charge on any atom is -0.395 e. The summed E-state index contributed by atoms with van der Waals surface area (Å²) in [7, 11) is 1.45. The number of halogens is 2. The highest BCUT2D eigenvalue weighted by atomic mass is 19.1. The molecule has 0 saturated carbocycles. The van der Waals surface area contributed by atoms with E-state index in [1.54, 1.807) is 42.5 Å². The third kappa shape index (κ3) is 9.10. The second kappa shape index (κ2) is 17.0. The van der Waals surface area contributed by atoms with Crippen molar-refractivity contribution in [2.45, 2.75) is 12.5 Å². The van der Waals surface area contributed by atoms with Crippen molar-refractivity contribution < 1.29 is 33.7 Å². The normalized spacial score (nSPS) is 11.3. The Kier molecular flexibility index (Phi) is 13.1. The molecule has 0 aromatic heterocycles. The van der Waals surface area contributed by atoms with Gasteiger partial charge in [-0.15, -0.1) is 0 Å². The van der Waals surface area contributed by atoms with Crippen molar-refractivity contribution in [1.29, 1.82) is 0 Å². The van der Waals surface area contributed by atoms with Gasteiger partial charge in [0, 0.05) is 31.3 Å². The number of nitrogens with one attached hydrogen (secondary N) is 1. The number of benzene rings is 4. The van der Waals surface area contributed by atoms with Gasteiger partial charge in [0.2, 0.25) is 0 Å². The second-order valence-corrected chi connectivity index (χ2v) is 9.65. The molecule has 0 saturated heterocycles. The summed E-state index contributed by atoms with van der Waals surface area (Å²) in [5.41, 5.74) is 1.97. The number of ketones is 1. The van der Waals surface area contributed by atoms with Crippen molar-refractivity contribution in [2.75, 3.05) is 39.9 Å². The van der Waals surface area contributed by atoms with E-state index in [1.165, 1.54) is 30.1 Å². The molecule has 9 heteroatoms. The number of carbonyl (C=O) groups is 2. The van der Waals surface area contributed by atoms with Gasteiger partial charge in [-0.05, 0) is 41.8 Å². The van der Waals surface area contributed by atoms with E-state index in [-0.39, 0.29) is 36.7 Å². The van der Waals surface area contributed by atoms with Crippen LogP contribution in [0.3, 0.4) is 0 Å². The van der Waals surface area contributed by atoms with Crippen LogP contribution in [0.4, 0.5) is 8.78 Å². The van der Waals surface area contributed by atoms with Crippen molar-refractivity contribution in [3.63, 3.8) is 0 Å². The zero-order chi connectivity index (χ0) is 31.2. The lowest BCUT2D eigenvalue weighted by molar-refractivity contribution is 0.0758. The van der Waals surface area contributed by atoms with Gasteiger partial charge in [-0.25, -0.2) is 8.78 Å².